The number of fused-ring (bicyclic) bond motifs is 1. The van der Waals surface area contributed by atoms with Gasteiger partial charge in [0.05, 0.1) is 12.1 Å². The smallest absolute Gasteiger partial charge is 0.137 e. The van der Waals surface area contributed by atoms with Gasteiger partial charge in [0.15, 0.2) is 0 Å². The molecule has 2 N–H and O–H groups in total. The molecule has 0 aromatic heterocycles. The van der Waals surface area contributed by atoms with Crippen LogP contribution in [0.1, 0.15) is 29.7 Å². The van der Waals surface area contributed by atoms with Crippen LogP contribution in [0.25, 0.3) is 0 Å². The lowest BCUT2D eigenvalue weighted by molar-refractivity contribution is 0.161. The second-order valence-electron chi connectivity index (χ2n) is 5.02. The van der Waals surface area contributed by atoms with E-state index in [0.717, 1.165) is 27.8 Å². The maximum Gasteiger partial charge on any atom is 0.137 e. The van der Waals surface area contributed by atoms with E-state index in [9.17, 15) is 0 Å². The maximum absolute atomic E-state index is 6.27. The molecule has 0 radical (unpaired) electrons. The first-order chi connectivity index (χ1) is 10.1. The van der Waals surface area contributed by atoms with Gasteiger partial charge in [0.1, 0.15) is 17.6 Å². The van der Waals surface area contributed by atoms with Crippen molar-refractivity contribution in [2.45, 2.75) is 18.6 Å². The predicted molar refractivity (Wildman–Crippen MR) is 87.1 cm³/mol. The molecule has 0 saturated carbocycles. The summed E-state index contributed by atoms with van der Waals surface area (Å²) in [5.74, 6) is 1.48. The molecule has 110 valence electrons. The van der Waals surface area contributed by atoms with Crippen molar-refractivity contribution < 1.29 is 9.47 Å². The molecule has 0 amide bonds. The molecule has 1 aliphatic rings. The normalized spacial score (nSPS) is 20.6. The molecule has 5 heteroatoms. The molecule has 3 rings (SSSR count). The molecule has 0 bridgehead atoms. The predicted octanol–water partition coefficient (Wildman–Crippen LogP) is 4.63. The number of hydrogen-bond donors (Lipinski definition) is 1. The van der Waals surface area contributed by atoms with Gasteiger partial charge in [0, 0.05) is 22.5 Å². The second kappa shape index (κ2) is 5.87. The Kier molecular flexibility index (Phi) is 4.11. The van der Waals surface area contributed by atoms with Gasteiger partial charge in [-0.1, -0.05) is 39.7 Å². The monoisotopic (exact) mass is 367 g/mol. The van der Waals surface area contributed by atoms with E-state index in [1.54, 1.807) is 7.11 Å². The first-order valence-electron chi connectivity index (χ1n) is 6.63. The van der Waals surface area contributed by atoms with E-state index in [1.807, 2.05) is 36.4 Å². The molecular formula is C16H15BrClNO2. The van der Waals surface area contributed by atoms with Crippen molar-refractivity contribution in [1.82, 2.24) is 0 Å². The SMILES string of the molecule is COc1ccc(C2C[C@H](N)c3ccc(Br)cc3O2)cc1Cl. The van der Waals surface area contributed by atoms with Crippen molar-refractivity contribution >= 4 is 27.5 Å². The summed E-state index contributed by atoms with van der Waals surface area (Å²) in [5, 5.41) is 0.576. The van der Waals surface area contributed by atoms with Crippen LogP contribution in [0.5, 0.6) is 11.5 Å². The minimum atomic E-state index is -0.106. The second-order valence-corrected chi connectivity index (χ2v) is 6.35. The lowest BCUT2D eigenvalue weighted by atomic mass is 9.93. The third-order valence-corrected chi connectivity index (χ3v) is 4.45. The van der Waals surface area contributed by atoms with Gasteiger partial charge in [-0.3, -0.25) is 0 Å². The Morgan fingerprint density at radius 2 is 2.10 bits per heavy atom. The van der Waals surface area contributed by atoms with Crippen LogP contribution in [0, 0.1) is 0 Å². The van der Waals surface area contributed by atoms with E-state index in [1.165, 1.54) is 0 Å². The minimum absolute atomic E-state index is 0.0484. The topological polar surface area (TPSA) is 44.5 Å². The highest BCUT2D eigenvalue weighted by atomic mass is 79.9. The van der Waals surface area contributed by atoms with Crippen molar-refractivity contribution in [3.05, 3.63) is 57.0 Å². The average Bonchev–Trinajstić information content (AvgIpc) is 2.46. The van der Waals surface area contributed by atoms with Crippen LogP contribution in [-0.4, -0.2) is 7.11 Å². The van der Waals surface area contributed by atoms with E-state index in [0.29, 0.717) is 10.8 Å². The Balaban J connectivity index is 1.93. The number of hydrogen-bond acceptors (Lipinski definition) is 3. The van der Waals surface area contributed by atoms with Crippen molar-refractivity contribution in [3.8, 4) is 11.5 Å². The number of rotatable bonds is 2. The molecule has 1 heterocycles. The highest BCUT2D eigenvalue weighted by Crippen LogP contribution is 2.41. The molecule has 2 atom stereocenters. The van der Waals surface area contributed by atoms with Crippen LogP contribution in [-0.2, 0) is 0 Å². The zero-order valence-corrected chi connectivity index (χ0v) is 13.8. The zero-order chi connectivity index (χ0) is 15.0. The summed E-state index contributed by atoms with van der Waals surface area (Å²) in [7, 11) is 1.60. The lowest BCUT2D eigenvalue weighted by Gasteiger charge is -2.31. The largest absolute Gasteiger partial charge is 0.495 e. The van der Waals surface area contributed by atoms with Gasteiger partial charge in [-0.15, -0.1) is 0 Å². The fourth-order valence-corrected chi connectivity index (χ4v) is 3.17. The van der Waals surface area contributed by atoms with E-state index < -0.39 is 0 Å². The van der Waals surface area contributed by atoms with Crippen LogP contribution < -0.4 is 15.2 Å². The quantitative estimate of drug-likeness (QED) is 0.840. The molecule has 21 heavy (non-hydrogen) atoms. The Labute approximate surface area is 137 Å². The summed E-state index contributed by atoms with van der Waals surface area (Å²) in [5.41, 5.74) is 8.30. The van der Waals surface area contributed by atoms with E-state index in [-0.39, 0.29) is 12.1 Å². The fourth-order valence-electron chi connectivity index (χ4n) is 2.56. The van der Waals surface area contributed by atoms with Crippen molar-refractivity contribution in [2.24, 2.45) is 5.73 Å². The Hall–Kier alpha value is -1.23. The lowest BCUT2D eigenvalue weighted by Crippen LogP contribution is -2.24. The first-order valence-corrected chi connectivity index (χ1v) is 7.80. The highest BCUT2D eigenvalue weighted by Gasteiger charge is 2.27. The third-order valence-electron chi connectivity index (χ3n) is 3.66. The molecule has 0 saturated heterocycles. The van der Waals surface area contributed by atoms with Crippen LogP contribution in [0.3, 0.4) is 0 Å². The molecule has 1 unspecified atom stereocenters. The number of methoxy groups -OCH3 is 1. The average molecular weight is 369 g/mol. The molecule has 1 aliphatic heterocycles. The number of halogens is 2. The summed E-state index contributed by atoms with van der Waals surface area (Å²) in [6.45, 7) is 0. The number of ether oxygens (including phenoxy) is 2. The molecule has 2 aromatic rings. The maximum atomic E-state index is 6.27. The van der Waals surface area contributed by atoms with Crippen LogP contribution in [0.2, 0.25) is 5.02 Å². The number of nitrogens with two attached hydrogens (primary N) is 1. The van der Waals surface area contributed by atoms with Crippen molar-refractivity contribution in [1.29, 1.82) is 0 Å². The van der Waals surface area contributed by atoms with Gasteiger partial charge in [0.2, 0.25) is 0 Å². The fraction of sp³-hybridized carbons (Fsp3) is 0.250. The third kappa shape index (κ3) is 2.89. The molecule has 0 aliphatic carbocycles. The highest BCUT2D eigenvalue weighted by molar-refractivity contribution is 9.10. The number of benzene rings is 2. The summed E-state index contributed by atoms with van der Waals surface area (Å²) in [6, 6.07) is 11.6. The Morgan fingerprint density at radius 1 is 1.29 bits per heavy atom. The summed E-state index contributed by atoms with van der Waals surface area (Å²) >= 11 is 9.65. The zero-order valence-electron chi connectivity index (χ0n) is 11.5. The van der Waals surface area contributed by atoms with Gasteiger partial charge in [0.25, 0.3) is 0 Å². The summed E-state index contributed by atoms with van der Waals surface area (Å²) < 4.78 is 12.2. The van der Waals surface area contributed by atoms with E-state index in [2.05, 4.69) is 15.9 Å². The molecule has 0 fully saturated rings. The van der Waals surface area contributed by atoms with E-state index >= 15 is 0 Å². The van der Waals surface area contributed by atoms with Gasteiger partial charge in [-0.2, -0.15) is 0 Å². The Morgan fingerprint density at radius 3 is 2.81 bits per heavy atom. The van der Waals surface area contributed by atoms with Gasteiger partial charge in [-0.25, -0.2) is 0 Å². The summed E-state index contributed by atoms with van der Waals surface area (Å²) in [4.78, 5) is 0. The van der Waals surface area contributed by atoms with Crippen LogP contribution in [0.15, 0.2) is 40.9 Å². The van der Waals surface area contributed by atoms with Gasteiger partial charge in [-0.05, 0) is 29.8 Å². The summed E-state index contributed by atoms with van der Waals surface area (Å²) in [6.07, 6.45) is 0.613. The molecular weight excluding hydrogens is 354 g/mol. The van der Waals surface area contributed by atoms with Crippen molar-refractivity contribution in [3.63, 3.8) is 0 Å². The standard InChI is InChI=1S/C16H15BrClNO2/c1-20-14-5-2-9(6-12(14)18)15-8-13(19)11-4-3-10(17)7-16(11)21-15/h2-7,13,15H,8,19H2,1H3/t13-,15?/m0/s1. The molecule has 3 nitrogen and oxygen atoms in total. The van der Waals surface area contributed by atoms with E-state index in [4.69, 9.17) is 26.8 Å². The Bertz CT molecular complexity index is 677. The molecule has 0 spiro atoms. The van der Waals surface area contributed by atoms with Gasteiger partial charge >= 0.3 is 0 Å². The van der Waals surface area contributed by atoms with Crippen molar-refractivity contribution in [2.75, 3.05) is 7.11 Å². The molecule has 2 aromatic carbocycles. The van der Waals surface area contributed by atoms with Crippen LogP contribution in [0.4, 0.5) is 0 Å². The first kappa shape index (κ1) is 14.7. The minimum Gasteiger partial charge on any atom is -0.495 e. The van der Waals surface area contributed by atoms with Gasteiger partial charge < -0.3 is 15.2 Å². The van der Waals surface area contributed by atoms with Crippen LogP contribution >= 0.6 is 27.5 Å².